The average molecular weight is 455 g/mol. The summed E-state index contributed by atoms with van der Waals surface area (Å²) in [5, 5.41) is 10.8. The van der Waals surface area contributed by atoms with Crippen molar-refractivity contribution in [2.45, 2.75) is 19.1 Å². The smallest absolute Gasteiger partial charge is 0.251 e. The van der Waals surface area contributed by atoms with Crippen LogP contribution in [-0.2, 0) is 20.9 Å². The van der Waals surface area contributed by atoms with E-state index in [0.717, 1.165) is 11.1 Å². The Morgan fingerprint density at radius 3 is 2.81 bits per heavy atom. The van der Waals surface area contributed by atoms with Gasteiger partial charge in [-0.3, -0.25) is 9.59 Å². The van der Waals surface area contributed by atoms with Gasteiger partial charge in [-0.1, -0.05) is 23.7 Å². The van der Waals surface area contributed by atoms with Crippen molar-refractivity contribution in [3.05, 3.63) is 53.2 Å². The fourth-order valence-corrected chi connectivity index (χ4v) is 3.96. The number of halogens is 1. The van der Waals surface area contributed by atoms with Gasteiger partial charge in [-0.2, -0.15) is 5.10 Å². The highest BCUT2D eigenvalue weighted by molar-refractivity contribution is 6.30. The monoisotopic (exact) mass is 454 g/mol. The Morgan fingerprint density at radius 2 is 2.03 bits per heavy atom. The van der Waals surface area contributed by atoms with E-state index >= 15 is 0 Å². The van der Waals surface area contributed by atoms with Crippen LogP contribution in [0.4, 0.5) is 11.5 Å². The molecule has 0 aliphatic carbocycles. The summed E-state index contributed by atoms with van der Waals surface area (Å²) in [5.74, 6) is 1.10. The van der Waals surface area contributed by atoms with Gasteiger partial charge in [0.2, 0.25) is 12.7 Å². The summed E-state index contributed by atoms with van der Waals surface area (Å²) >= 11 is 6.02. The van der Waals surface area contributed by atoms with Gasteiger partial charge >= 0.3 is 0 Å². The number of aromatic nitrogens is 2. The van der Waals surface area contributed by atoms with Crippen LogP contribution in [0, 0.1) is 0 Å². The molecule has 0 radical (unpaired) electrons. The lowest BCUT2D eigenvalue weighted by atomic mass is 10.1. The predicted molar refractivity (Wildman–Crippen MR) is 117 cm³/mol. The number of hydrogen-bond donors (Lipinski definition) is 2. The largest absolute Gasteiger partial charge is 0.454 e. The molecular weight excluding hydrogens is 436 g/mol. The molecule has 2 aliphatic heterocycles. The molecule has 9 nitrogen and oxygen atoms in total. The van der Waals surface area contributed by atoms with Gasteiger partial charge in [0.05, 0.1) is 18.7 Å². The number of rotatable bonds is 6. The van der Waals surface area contributed by atoms with Crippen molar-refractivity contribution in [1.82, 2.24) is 9.78 Å². The molecule has 0 fully saturated rings. The van der Waals surface area contributed by atoms with Crippen molar-refractivity contribution in [3.8, 4) is 22.6 Å². The van der Waals surface area contributed by atoms with Gasteiger partial charge < -0.3 is 24.8 Å². The summed E-state index contributed by atoms with van der Waals surface area (Å²) in [7, 11) is 1.57. The number of carbonyl (C=O) groups excluding carboxylic acids is 2. The highest BCUT2D eigenvalue weighted by Crippen LogP contribution is 2.39. The quantitative estimate of drug-likeness (QED) is 0.589. The van der Waals surface area contributed by atoms with Crippen LogP contribution in [0.15, 0.2) is 42.5 Å². The minimum atomic E-state index is -0.782. The van der Waals surface area contributed by atoms with Gasteiger partial charge in [-0.05, 0) is 29.8 Å². The summed E-state index contributed by atoms with van der Waals surface area (Å²) in [5.41, 5.74) is 2.80. The SMILES string of the molecule is COCc1nn2c(c1-c1ccc(Cl)cc1)NC(=O)C2CC(=O)Nc1ccc2c(c1)OCO2. The molecule has 0 saturated carbocycles. The Balaban J connectivity index is 1.40. The molecule has 1 unspecified atom stereocenters. The zero-order chi connectivity index (χ0) is 22.2. The summed E-state index contributed by atoms with van der Waals surface area (Å²) in [6, 6.07) is 11.6. The molecule has 10 heteroatoms. The van der Waals surface area contributed by atoms with Gasteiger partial charge in [0.15, 0.2) is 11.5 Å². The van der Waals surface area contributed by atoms with E-state index in [9.17, 15) is 9.59 Å². The molecule has 2 amide bonds. The van der Waals surface area contributed by atoms with Crippen LogP contribution < -0.4 is 20.1 Å². The van der Waals surface area contributed by atoms with E-state index in [1.54, 1.807) is 42.1 Å². The Morgan fingerprint density at radius 1 is 1.25 bits per heavy atom. The van der Waals surface area contributed by atoms with E-state index in [-0.39, 0.29) is 31.6 Å². The maximum atomic E-state index is 12.7. The number of nitrogens with one attached hydrogen (secondary N) is 2. The molecule has 0 bridgehead atoms. The Bertz CT molecular complexity index is 1210. The van der Waals surface area contributed by atoms with Crippen LogP contribution in [0.3, 0.4) is 0 Å². The van der Waals surface area contributed by atoms with Gasteiger partial charge in [0, 0.05) is 29.4 Å². The topological polar surface area (TPSA) is 104 Å². The van der Waals surface area contributed by atoms with Crippen LogP contribution >= 0.6 is 11.6 Å². The summed E-state index contributed by atoms with van der Waals surface area (Å²) < 4.78 is 17.5. The molecule has 2 aliphatic rings. The molecule has 3 heterocycles. The third-order valence-corrected chi connectivity index (χ3v) is 5.52. The molecule has 3 aromatic rings. The first kappa shape index (κ1) is 20.3. The first-order valence-corrected chi connectivity index (χ1v) is 10.3. The van der Waals surface area contributed by atoms with Gasteiger partial charge in [0.25, 0.3) is 5.91 Å². The minimum absolute atomic E-state index is 0.0819. The zero-order valence-electron chi connectivity index (χ0n) is 17.1. The minimum Gasteiger partial charge on any atom is -0.454 e. The molecule has 0 saturated heterocycles. The summed E-state index contributed by atoms with van der Waals surface area (Å²) in [6.07, 6.45) is -0.0819. The van der Waals surface area contributed by atoms with E-state index in [1.807, 2.05) is 12.1 Å². The number of methoxy groups -OCH3 is 1. The number of carbonyl (C=O) groups is 2. The molecule has 1 aromatic heterocycles. The van der Waals surface area contributed by atoms with E-state index < -0.39 is 6.04 Å². The average Bonchev–Trinajstić information content (AvgIpc) is 3.44. The van der Waals surface area contributed by atoms with Gasteiger partial charge in [-0.15, -0.1) is 0 Å². The van der Waals surface area contributed by atoms with E-state index in [4.69, 9.17) is 25.8 Å². The predicted octanol–water partition coefficient (Wildman–Crippen LogP) is 3.60. The first-order valence-electron chi connectivity index (χ1n) is 9.90. The van der Waals surface area contributed by atoms with Gasteiger partial charge in [-0.25, -0.2) is 4.68 Å². The number of nitrogens with zero attached hydrogens (tertiary/aromatic N) is 2. The number of ether oxygens (including phenoxy) is 3. The summed E-state index contributed by atoms with van der Waals surface area (Å²) in [6.45, 7) is 0.404. The molecular formula is C22H19ClN4O5. The second kappa shape index (κ2) is 8.18. The Kier molecular flexibility index (Phi) is 5.20. The molecule has 0 spiro atoms. The number of benzene rings is 2. The first-order chi connectivity index (χ1) is 15.5. The summed E-state index contributed by atoms with van der Waals surface area (Å²) in [4.78, 5) is 25.4. The van der Waals surface area contributed by atoms with Crippen molar-refractivity contribution in [1.29, 1.82) is 0 Å². The Hall–Kier alpha value is -3.56. The number of fused-ring (bicyclic) bond motifs is 2. The molecule has 1 atom stereocenters. The molecule has 2 N–H and O–H groups in total. The molecule has 2 aromatic carbocycles. The standard InChI is InChI=1S/C22H19ClN4O5/c1-30-10-15-20(12-2-4-13(23)5-3-12)21-25-22(29)16(27(21)26-15)9-19(28)24-14-6-7-17-18(8-14)32-11-31-17/h2-8,16H,9-11H2,1H3,(H,24,28)(H,25,29). The van der Waals surface area contributed by atoms with Crippen LogP contribution in [0.5, 0.6) is 11.5 Å². The van der Waals surface area contributed by atoms with Crippen molar-refractivity contribution in [2.75, 3.05) is 24.5 Å². The van der Waals surface area contributed by atoms with Crippen LogP contribution in [-0.4, -0.2) is 35.5 Å². The fraction of sp³-hybridized carbons (Fsp3) is 0.227. The highest BCUT2D eigenvalue weighted by atomic mass is 35.5. The maximum Gasteiger partial charge on any atom is 0.251 e. The van der Waals surface area contributed by atoms with Gasteiger partial charge in [0.1, 0.15) is 11.9 Å². The highest BCUT2D eigenvalue weighted by Gasteiger charge is 2.37. The zero-order valence-corrected chi connectivity index (χ0v) is 17.8. The Labute approximate surface area is 188 Å². The molecule has 5 rings (SSSR count). The van der Waals surface area contributed by atoms with Crippen molar-refractivity contribution < 1.29 is 23.8 Å². The normalized spacial score (nSPS) is 16.1. The van der Waals surface area contributed by atoms with E-state index in [2.05, 4.69) is 15.7 Å². The number of anilines is 2. The van der Waals surface area contributed by atoms with Crippen LogP contribution in [0.2, 0.25) is 5.02 Å². The third kappa shape index (κ3) is 3.65. The second-order valence-corrected chi connectivity index (χ2v) is 7.82. The van der Waals surface area contributed by atoms with Crippen LogP contribution in [0.1, 0.15) is 18.2 Å². The van der Waals surface area contributed by atoms with E-state index in [0.29, 0.717) is 33.7 Å². The number of hydrogen-bond acceptors (Lipinski definition) is 6. The van der Waals surface area contributed by atoms with Crippen molar-refractivity contribution in [3.63, 3.8) is 0 Å². The van der Waals surface area contributed by atoms with Crippen molar-refractivity contribution >= 4 is 34.9 Å². The second-order valence-electron chi connectivity index (χ2n) is 7.38. The lowest BCUT2D eigenvalue weighted by Crippen LogP contribution is -2.24. The lowest BCUT2D eigenvalue weighted by Gasteiger charge is -2.10. The lowest BCUT2D eigenvalue weighted by molar-refractivity contribution is -0.123. The third-order valence-electron chi connectivity index (χ3n) is 5.27. The molecule has 164 valence electrons. The fourth-order valence-electron chi connectivity index (χ4n) is 3.84. The number of amides is 2. The molecule has 32 heavy (non-hydrogen) atoms. The van der Waals surface area contributed by atoms with E-state index in [1.165, 1.54) is 0 Å². The van der Waals surface area contributed by atoms with Crippen LogP contribution in [0.25, 0.3) is 11.1 Å². The van der Waals surface area contributed by atoms with Crippen molar-refractivity contribution in [2.24, 2.45) is 0 Å². The maximum absolute atomic E-state index is 12.7.